The van der Waals surface area contributed by atoms with Gasteiger partial charge in [0.15, 0.2) is 0 Å². The van der Waals surface area contributed by atoms with E-state index in [1.165, 1.54) is 21.1 Å². The zero-order valence-electron chi connectivity index (χ0n) is 13.2. The largest absolute Gasteiger partial charge is 0.383 e. The molecule has 0 aliphatic carbocycles. The van der Waals surface area contributed by atoms with Crippen molar-refractivity contribution in [3.05, 3.63) is 64.2 Å². The van der Waals surface area contributed by atoms with Crippen LogP contribution in [0.4, 0.5) is 17.3 Å². The van der Waals surface area contributed by atoms with Gasteiger partial charge in [0.1, 0.15) is 6.20 Å². The summed E-state index contributed by atoms with van der Waals surface area (Å²) >= 11 is 1.37. The number of fused-ring (bicyclic) bond motifs is 2. The van der Waals surface area contributed by atoms with Crippen LogP contribution < -0.4 is 10.6 Å². The van der Waals surface area contributed by atoms with Crippen LogP contribution in [0.2, 0.25) is 0 Å². The molecule has 2 N–H and O–H groups in total. The van der Waals surface area contributed by atoms with Crippen molar-refractivity contribution < 1.29 is 4.92 Å². The minimum absolute atomic E-state index is 0.0265. The minimum Gasteiger partial charge on any atom is -0.383 e. The summed E-state index contributed by atoms with van der Waals surface area (Å²) in [7, 11) is 0. The Balaban J connectivity index is 1.45. The van der Waals surface area contributed by atoms with E-state index < -0.39 is 4.92 Å². The quantitative estimate of drug-likeness (QED) is 0.311. The number of anilines is 2. The lowest BCUT2D eigenvalue weighted by Gasteiger charge is -2.10. The lowest BCUT2D eigenvalue weighted by Crippen LogP contribution is -2.14. The molecule has 0 spiro atoms. The Morgan fingerprint density at radius 1 is 1.12 bits per heavy atom. The standard InChI is InChI=1S/C17H15N5O2S/c23-22(24)16-15(20-17-21(16)10-11-25-17)19-9-8-18-14-7-3-5-12-4-1-2-6-13(12)14/h1-7,10-11,18-19H,8-9H2. The highest BCUT2D eigenvalue weighted by Crippen LogP contribution is 2.28. The molecular formula is C17H15N5O2S. The van der Waals surface area contributed by atoms with Crippen molar-refractivity contribution in [3.8, 4) is 0 Å². The summed E-state index contributed by atoms with van der Waals surface area (Å²) in [6, 6.07) is 14.3. The summed E-state index contributed by atoms with van der Waals surface area (Å²) in [5.74, 6) is 0.276. The van der Waals surface area contributed by atoms with Gasteiger partial charge in [-0.05, 0) is 16.4 Å². The highest BCUT2D eigenvalue weighted by atomic mass is 32.1. The number of benzene rings is 2. The summed E-state index contributed by atoms with van der Waals surface area (Å²) in [6.45, 7) is 1.14. The van der Waals surface area contributed by atoms with Crippen LogP contribution in [0, 0.1) is 10.1 Å². The third-order valence-corrected chi connectivity index (χ3v) is 4.69. The van der Waals surface area contributed by atoms with Gasteiger partial charge in [0.05, 0.1) is 0 Å². The average Bonchev–Trinajstić information content (AvgIpc) is 3.19. The van der Waals surface area contributed by atoms with Gasteiger partial charge in [0.25, 0.3) is 4.96 Å². The van der Waals surface area contributed by atoms with Crippen LogP contribution in [0.3, 0.4) is 0 Å². The normalized spacial score (nSPS) is 11.0. The molecule has 0 amide bonds. The van der Waals surface area contributed by atoms with Gasteiger partial charge in [0, 0.05) is 29.5 Å². The van der Waals surface area contributed by atoms with Crippen LogP contribution in [0.5, 0.6) is 0 Å². The molecule has 4 aromatic rings. The number of hydrogen-bond acceptors (Lipinski definition) is 6. The maximum absolute atomic E-state index is 11.3. The molecule has 2 aromatic heterocycles. The average molecular weight is 353 g/mol. The fourth-order valence-corrected chi connectivity index (χ4v) is 3.53. The highest BCUT2D eigenvalue weighted by Gasteiger charge is 2.22. The number of nitrogens with zero attached hydrogens (tertiary/aromatic N) is 3. The molecule has 0 saturated carbocycles. The molecule has 7 nitrogen and oxygen atoms in total. The zero-order chi connectivity index (χ0) is 17.2. The Kier molecular flexibility index (Phi) is 3.95. The first kappa shape index (κ1) is 15.4. The van der Waals surface area contributed by atoms with Gasteiger partial charge in [-0.15, -0.1) is 0 Å². The van der Waals surface area contributed by atoms with Crippen molar-refractivity contribution in [2.24, 2.45) is 0 Å². The van der Waals surface area contributed by atoms with E-state index in [0.717, 1.165) is 11.1 Å². The van der Waals surface area contributed by atoms with Gasteiger partial charge in [-0.3, -0.25) is 0 Å². The summed E-state index contributed by atoms with van der Waals surface area (Å²) in [5.41, 5.74) is 1.04. The van der Waals surface area contributed by atoms with E-state index >= 15 is 0 Å². The maximum atomic E-state index is 11.3. The number of nitrogens with one attached hydrogen (secondary N) is 2. The third kappa shape index (κ3) is 2.87. The van der Waals surface area contributed by atoms with E-state index in [1.54, 1.807) is 11.6 Å². The van der Waals surface area contributed by atoms with E-state index in [-0.39, 0.29) is 5.82 Å². The predicted molar refractivity (Wildman–Crippen MR) is 101 cm³/mol. The van der Waals surface area contributed by atoms with Crippen LogP contribution in [-0.4, -0.2) is 27.4 Å². The van der Waals surface area contributed by atoms with E-state index in [0.29, 0.717) is 23.9 Å². The molecule has 25 heavy (non-hydrogen) atoms. The molecule has 8 heteroatoms. The second kappa shape index (κ2) is 6.40. The van der Waals surface area contributed by atoms with Gasteiger partial charge >= 0.3 is 5.82 Å². The molecule has 0 atom stereocenters. The number of rotatable bonds is 6. The number of thiazole rings is 1. The van der Waals surface area contributed by atoms with E-state index in [4.69, 9.17) is 0 Å². The molecule has 0 unspecified atom stereocenters. The molecule has 4 rings (SSSR count). The molecule has 2 heterocycles. The van der Waals surface area contributed by atoms with Crippen molar-refractivity contribution in [1.82, 2.24) is 9.38 Å². The molecule has 2 aromatic carbocycles. The lowest BCUT2D eigenvalue weighted by molar-refractivity contribution is -0.389. The minimum atomic E-state index is -0.410. The van der Waals surface area contributed by atoms with Crippen molar-refractivity contribution in [2.75, 3.05) is 23.7 Å². The summed E-state index contributed by atoms with van der Waals surface area (Å²) in [6.07, 6.45) is 1.66. The molecule has 0 radical (unpaired) electrons. The molecule has 126 valence electrons. The van der Waals surface area contributed by atoms with Crippen LogP contribution in [0.1, 0.15) is 0 Å². The third-order valence-electron chi connectivity index (χ3n) is 3.93. The fraction of sp³-hybridized carbons (Fsp3) is 0.118. The Morgan fingerprint density at radius 3 is 2.80 bits per heavy atom. The van der Waals surface area contributed by atoms with Gasteiger partial charge in [0.2, 0.25) is 5.82 Å². The van der Waals surface area contributed by atoms with E-state index in [9.17, 15) is 10.1 Å². The SMILES string of the molecule is O=[N+]([O-])c1c(NCCNc2cccc3ccccc23)nc2sccn12. The lowest BCUT2D eigenvalue weighted by atomic mass is 10.1. The summed E-state index contributed by atoms with van der Waals surface area (Å²) < 4.78 is 1.49. The first-order chi connectivity index (χ1) is 12.2. The summed E-state index contributed by atoms with van der Waals surface area (Å²) in [5, 5.41) is 21.8. The van der Waals surface area contributed by atoms with Crippen molar-refractivity contribution >= 4 is 44.4 Å². The Labute approximate surface area is 147 Å². The van der Waals surface area contributed by atoms with Gasteiger partial charge in [-0.25, -0.2) is 0 Å². The molecule has 0 bridgehead atoms. The van der Waals surface area contributed by atoms with Gasteiger partial charge < -0.3 is 20.7 Å². The number of nitro groups is 1. The highest BCUT2D eigenvalue weighted by molar-refractivity contribution is 7.15. The Morgan fingerprint density at radius 2 is 1.92 bits per heavy atom. The molecule has 0 aliphatic heterocycles. The molecule has 0 aliphatic rings. The summed E-state index contributed by atoms with van der Waals surface area (Å²) in [4.78, 5) is 15.8. The molecular weight excluding hydrogens is 338 g/mol. The molecule has 0 fully saturated rings. The Bertz CT molecular complexity index is 1050. The van der Waals surface area contributed by atoms with Crippen molar-refractivity contribution in [3.63, 3.8) is 0 Å². The maximum Gasteiger partial charge on any atom is 0.372 e. The first-order valence-electron chi connectivity index (χ1n) is 7.79. The smallest absolute Gasteiger partial charge is 0.372 e. The predicted octanol–water partition coefficient (Wildman–Crippen LogP) is 3.98. The van der Waals surface area contributed by atoms with Crippen LogP contribution >= 0.6 is 11.3 Å². The topological polar surface area (TPSA) is 84.5 Å². The van der Waals surface area contributed by atoms with Crippen LogP contribution in [-0.2, 0) is 0 Å². The van der Waals surface area contributed by atoms with Gasteiger partial charge in [-0.1, -0.05) is 47.7 Å². The zero-order valence-corrected chi connectivity index (χ0v) is 14.0. The van der Waals surface area contributed by atoms with E-state index in [2.05, 4.69) is 33.8 Å². The number of imidazole rings is 1. The second-order valence-electron chi connectivity index (χ2n) is 5.48. The number of hydrogen-bond donors (Lipinski definition) is 2. The monoisotopic (exact) mass is 353 g/mol. The van der Waals surface area contributed by atoms with Gasteiger partial charge in [-0.2, -0.15) is 9.38 Å². The number of aromatic nitrogens is 2. The second-order valence-corrected chi connectivity index (χ2v) is 6.35. The van der Waals surface area contributed by atoms with Crippen molar-refractivity contribution in [2.45, 2.75) is 0 Å². The van der Waals surface area contributed by atoms with Crippen LogP contribution in [0.15, 0.2) is 54.0 Å². The molecule has 0 saturated heterocycles. The Hall–Kier alpha value is -3.13. The van der Waals surface area contributed by atoms with Crippen LogP contribution in [0.25, 0.3) is 15.7 Å². The van der Waals surface area contributed by atoms with E-state index in [1.807, 2.05) is 24.3 Å². The first-order valence-corrected chi connectivity index (χ1v) is 8.67. The fourth-order valence-electron chi connectivity index (χ4n) is 2.82. The van der Waals surface area contributed by atoms with Crippen molar-refractivity contribution in [1.29, 1.82) is 0 Å².